The van der Waals surface area contributed by atoms with Crippen LogP contribution in [0.2, 0.25) is 0 Å². The number of carbonyl (C=O) groups is 1. The predicted octanol–water partition coefficient (Wildman–Crippen LogP) is 4.36. The van der Waals surface area contributed by atoms with Crippen molar-refractivity contribution in [1.29, 1.82) is 0 Å². The van der Waals surface area contributed by atoms with Crippen LogP contribution in [0.3, 0.4) is 0 Å². The van der Waals surface area contributed by atoms with Gasteiger partial charge in [0.2, 0.25) is 10.0 Å². The van der Waals surface area contributed by atoms with Gasteiger partial charge in [0.25, 0.3) is 0 Å². The molecule has 0 unspecified atom stereocenters. The SMILES string of the molecule is CCCc1nc(COC(=O)C2CCN(S(=O)(=O)c3ccc(C(C)C)cc3)CC2)cs1. The number of hydrogen-bond acceptors (Lipinski definition) is 6. The second-order valence-electron chi connectivity index (χ2n) is 7.99. The first-order valence-electron chi connectivity index (χ1n) is 10.5. The fourth-order valence-electron chi connectivity index (χ4n) is 3.51. The van der Waals surface area contributed by atoms with Crippen LogP contribution in [0.25, 0.3) is 0 Å². The van der Waals surface area contributed by atoms with Gasteiger partial charge in [-0.2, -0.15) is 4.31 Å². The van der Waals surface area contributed by atoms with E-state index >= 15 is 0 Å². The number of carbonyl (C=O) groups excluding carboxylic acids is 1. The largest absolute Gasteiger partial charge is 0.459 e. The molecule has 0 radical (unpaired) electrons. The van der Waals surface area contributed by atoms with E-state index in [2.05, 4.69) is 25.8 Å². The van der Waals surface area contributed by atoms with Crippen molar-refractivity contribution in [3.05, 3.63) is 45.9 Å². The Morgan fingerprint density at radius 3 is 2.50 bits per heavy atom. The van der Waals surface area contributed by atoms with Gasteiger partial charge in [0.1, 0.15) is 6.61 Å². The number of esters is 1. The van der Waals surface area contributed by atoms with Crippen molar-refractivity contribution in [2.75, 3.05) is 13.1 Å². The molecule has 30 heavy (non-hydrogen) atoms. The molecule has 1 aromatic heterocycles. The molecule has 0 atom stereocenters. The number of piperidine rings is 1. The highest BCUT2D eigenvalue weighted by atomic mass is 32.2. The van der Waals surface area contributed by atoms with E-state index in [-0.39, 0.29) is 18.5 Å². The van der Waals surface area contributed by atoms with Gasteiger partial charge in [-0.1, -0.05) is 32.9 Å². The van der Waals surface area contributed by atoms with Crippen LogP contribution in [0.15, 0.2) is 34.5 Å². The highest BCUT2D eigenvalue weighted by molar-refractivity contribution is 7.89. The van der Waals surface area contributed by atoms with Gasteiger partial charge >= 0.3 is 5.97 Å². The van der Waals surface area contributed by atoms with E-state index in [1.54, 1.807) is 23.5 Å². The van der Waals surface area contributed by atoms with E-state index in [1.807, 2.05) is 17.5 Å². The summed E-state index contributed by atoms with van der Waals surface area (Å²) in [5.41, 5.74) is 1.89. The monoisotopic (exact) mass is 450 g/mol. The molecule has 1 aliphatic rings. The Labute approximate surface area is 183 Å². The molecule has 2 heterocycles. The molecule has 164 valence electrons. The van der Waals surface area contributed by atoms with Gasteiger partial charge in [-0.25, -0.2) is 13.4 Å². The minimum Gasteiger partial charge on any atom is -0.459 e. The molecule has 0 saturated carbocycles. The minimum atomic E-state index is -3.54. The molecule has 2 aromatic rings. The molecule has 8 heteroatoms. The number of aryl methyl sites for hydroxylation is 1. The summed E-state index contributed by atoms with van der Waals surface area (Å²) in [7, 11) is -3.54. The number of sulfonamides is 1. The van der Waals surface area contributed by atoms with Gasteiger partial charge in [0.15, 0.2) is 0 Å². The highest BCUT2D eigenvalue weighted by Crippen LogP contribution is 2.26. The normalized spacial score (nSPS) is 16.1. The summed E-state index contributed by atoms with van der Waals surface area (Å²) >= 11 is 1.59. The van der Waals surface area contributed by atoms with Crippen LogP contribution in [0.5, 0.6) is 0 Å². The summed E-state index contributed by atoms with van der Waals surface area (Å²) in [6, 6.07) is 7.08. The lowest BCUT2D eigenvalue weighted by atomic mass is 9.98. The van der Waals surface area contributed by atoms with E-state index in [9.17, 15) is 13.2 Å². The second kappa shape index (κ2) is 10.0. The third-order valence-corrected chi connectivity index (χ3v) is 8.27. The van der Waals surface area contributed by atoms with Crippen molar-refractivity contribution in [3.8, 4) is 0 Å². The van der Waals surface area contributed by atoms with E-state index in [0.717, 1.165) is 29.1 Å². The van der Waals surface area contributed by atoms with Crippen molar-refractivity contribution in [2.24, 2.45) is 5.92 Å². The predicted molar refractivity (Wildman–Crippen MR) is 118 cm³/mol. The fraction of sp³-hybridized carbons (Fsp3) is 0.545. The first-order valence-corrected chi connectivity index (χ1v) is 12.8. The highest BCUT2D eigenvalue weighted by Gasteiger charge is 2.32. The summed E-state index contributed by atoms with van der Waals surface area (Å²) in [5, 5.41) is 2.99. The van der Waals surface area contributed by atoms with Gasteiger partial charge in [-0.3, -0.25) is 4.79 Å². The van der Waals surface area contributed by atoms with Crippen LogP contribution in [0, 0.1) is 5.92 Å². The van der Waals surface area contributed by atoms with E-state index in [1.165, 1.54) is 4.31 Å². The molecule has 0 bridgehead atoms. The van der Waals surface area contributed by atoms with Crippen LogP contribution >= 0.6 is 11.3 Å². The van der Waals surface area contributed by atoms with Gasteiger partial charge in [-0.15, -0.1) is 11.3 Å². The zero-order valence-corrected chi connectivity index (χ0v) is 19.5. The van der Waals surface area contributed by atoms with E-state index in [4.69, 9.17) is 4.74 Å². The van der Waals surface area contributed by atoms with Crippen LogP contribution in [0.1, 0.15) is 62.2 Å². The standard InChI is InChI=1S/C22H30N2O4S2/c1-4-5-21-23-19(15-29-21)14-28-22(25)18-10-12-24(13-11-18)30(26,27)20-8-6-17(7-9-20)16(2)3/h6-9,15-16,18H,4-5,10-14H2,1-3H3. The molecule has 6 nitrogen and oxygen atoms in total. The van der Waals surface area contributed by atoms with Crippen LogP contribution in [0.4, 0.5) is 0 Å². The Hall–Kier alpha value is -1.77. The number of ether oxygens (including phenoxy) is 1. The zero-order chi connectivity index (χ0) is 21.7. The average molecular weight is 451 g/mol. The van der Waals surface area contributed by atoms with Crippen molar-refractivity contribution in [2.45, 2.75) is 63.9 Å². The topological polar surface area (TPSA) is 76.6 Å². The number of nitrogens with zero attached hydrogens (tertiary/aromatic N) is 2. The van der Waals surface area contributed by atoms with E-state index in [0.29, 0.717) is 36.7 Å². The molecule has 0 N–H and O–H groups in total. The second-order valence-corrected chi connectivity index (χ2v) is 10.9. The maximum atomic E-state index is 12.9. The lowest BCUT2D eigenvalue weighted by Gasteiger charge is -2.30. The Bertz CT molecular complexity index is 944. The van der Waals surface area contributed by atoms with Crippen molar-refractivity contribution in [1.82, 2.24) is 9.29 Å². The maximum absolute atomic E-state index is 12.9. The zero-order valence-electron chi connectivity index (χ0n) is 17.8. The summed E-state index contributed by atoms with van der Waals surface area (Å²) in [4.78, 5) is 17.2. The number of thiazole rings is 1. The molecule has 0 aliphatic carbocycles. The first-order chi connectivity index (χ1) is 14.3. The van der Waals surface area contributed by atoms with Crippen LogP contribution < -0.4 is 0 Å². The van der Waals surface area contributed by atoms with Crippen molar-refractivity contribution < 1.29 is 17.9 Å². The lowest BCUT2D eigenvalue weighted by molar-refractivity contribution is -0.151. The molecular formula is C22H30N2O4S2. The molecular weight excluding hydrogens is 420 g/mol. The third kappa shape index (κ3) is 5.47. The van der Waals surface area contributed by atoms with Gasteiger partial charge < -0.3 is 4.74 Å². The van der Waals surface area contributed by atoms with Crippen molar-refractivity contribution >= 4 is 27.3 Å². The summed E-state index contributed by atoms with van der Waals surface area (Å²) in [6.45, 7) is 7.09. The molecule has 1 saturated heterocycles. The smallest absolute Gasteiger partial charge is 0.309 e. The molecule has 1 aliphatic heterocycles. The Morgan fingerprint density at radius 1 is 1.23 bits per heavy atom. The molecule has 0 spiro atoms. The van der Waals surface area contributed by atoms with Crippen LogP contribution in [-0.2, 0) is 32.6 Å². The van der Waals surface area contributed by atoms with Crippen molar-refractivity contribution in [3.63, 3.8) is 0 Å². The quantitative estimate of drug-likeness (QED) is 0.559. The van der Waals surface area contributed by atoms with E-state index < -0.39 is 10.0 Å². The summed E-state index contributed by atoms with van der Waals surface area (Å²) in [5.74, 6) is -0.182. The van der Waals surface area contributed by atoms with Gasteiger partial charge in [0.05, 0.1) is 21.5 Å². The third-order valence-electron chi connectivity index (χ3n) is 5.40. The lowest BCUT2D eigenvalue weighted by Crippen LogP contribution is -2.40. The Morgan fingerprint density at radius 2 is 1.90 bits per heavy atom. The molecule has 0 amide bonds. The van der Waals surface area contributed by atoms with Crippen LogP contribution in [-0.4, -0.2) is 36.8 Å². The number of benzene rings is 1. The van der Waals surface area contributed by atoms with Gasteiger partial charge in [0, 0.05) is 18.5 Å². The average Bonchev–Trinajstić information content (AvgIpc) is 3.20. The summed E-state index contributed by atoms with van der Waals surface area (Å²) < 4.78 is 32.7. The maximum Gasteiger partial charge on any atom is 0.309 e. The number of rotatable bonds is 8. The molecule has 1 aromatic carbocycles. The number of aromatic nitrogens is 1. The molecule has 1 fully saturated rings. The molecule has 3 rings (SSSR count). The minimum absolute atomic E-state index is 0.180. The Kier molecular flexibility index (Phi) is 7.65. The summed E-state index contributed by atoms with van der Waals surface area (Å²) in [6.07, 6.45) is 2.92. The Balaban J connectivity index is 1.52. The van der Waals surface area contributed by atoms with Gasteiger partial charge in [-0.05, 0) is 49.3 Å². The first kappa shape index (κ1) is 22.9. The number of hydrogen-bond donors (Lipinski definition) is 0. The fourth-order valence-corrected chi connectivity index (χ4v) is 5.87.